The Morgan fingerprint density at radius 3 is 2.68 bits per heavy atom. The Labute approximate surface area is 124 Å². The molecule has 0 radical (unpaired) electrons. The third-order valence-electron chi connectivity index (χ3n) is 2.58. The first kappa shape index (κ1) is 15.6. The predicted molar refractivity (Wildman–Crippen MR) is 72.1 cm³/mol. The maximum Gasteiger partial charge on any atom is 0.422 e. The van der Waals surface area contributed by atoms with Gasteiger partial charge in [-0.2, -0.15) is 18.4 Å². The van der Waals surface area contributed by atoms with Gasteiger partial charge < -0.3 is 10.1 Å². The Morgan fingerprint density at radius 1 is 1.23 bits per heavy atom. The number of halogens is 3. The van der Waals surface area contributed by atoms with Gasteiger partial charge in [-0.25, -0.2) is 9.97 Å². The van der Waals surface area contributed by atoms with Crippen molar-refractivity contribution < 1.29 is 17.9 Å². The molecule has 0 amide bonds. The molecule has 2 aromatic heterocycles. The Kier molecular flexibility index (Phi) is 4.78. The van der Waals surface area contributed by atoms with Crippen molar-refractivity contribution in [3.63, 3.8) is 0 Å². The summed E-state index contributed by atoms with van der Waals surface area (Å²) in [5.41, 5.74) is 0.888. The Balaban J connectivity index is 2.01. The van der Waals surface area contributed by atoms with Crippen LogP contribution in [0.15, 0.2) is 36.7 Å². The lowest BCUT2D eigenvalue weighted by Gasteiger charge is -2.12. The highest BCUT2D eigenvalue weighted by Crippen LogP contribution is 2.20. The summed E-state index contributed by atoms with van der Waals surface area (Å²) < 4.78 is 41.3. The largest absolute Gasteiger partial charge is 0.468 e. The van der Waals surface area contributed by atoms with E-state index in [1.165, 1.54) is 12.4 Å². The standard InChI is InChI=1S/C14H11F3N4O/c15-14(16,17)9-22-13-11(2-1-5-19-13)8-21-12-4-3-10(6-18)7-20-12/h1-5,7H,8-9H2,(H,20,21). The van der Waals surface area contributed by atoms with Gasteiger partial charge in [0.05, 0.1) is 5.56 Å². The topological polar surface area (TPSA) is 70.8 Å². The van der Waals surface area contributed by atoms with Crippen molar-refractivity contribution in [3.05, 3.63) is 47.8 Å². The SMILES string of the molecule is N#Cc1ccc(NCc2cccnc2OCC(F)(F)F)nc1. The molecule has 0 spiro atoms. The maximum atomic E-state index is 12.2. The molecule has 1 N–H and O–H groups in total. The van der Waals surface area contributed by atoms with Crippen LogP contribution in [0.4, 0.5) is 19.0 Å². The number of hydrogen-bond acceptors (Lipinski definition) is 5. The van der Waals surface area contributed by atoms with Crippen molar-refractivity contribution in [1.29, 1.82) is 5.26 Å². The highest BCUT2D eigenvalue weighted by Gasteiger charge is 2.29. The second kappa shape index (κ2) is 6.76. The van der Waals surface area contributed by atoms with Gasteiger partial charge >= 0.3 is 6.18 Å². The van der Waals surface area contributed by atoms with Gasteiger partial charge in [-0.3, -0.25) is 0 Å². The third-order valence-corrected chi connectivity index (χ3v) is 2.58. The number of aromatic nitrogens is 2. The zero-order valence-corrected chi connectivity index (χ0v) is 11.3. The van der Waals surface area contributed by atoms with Crippen LogP contribution in [0.5, 0.6) is 5.88 Å². The Morgan fingerprint density at radius 2 is 2.05 bits per heavy atom. The lowest BCUT2D eigenvalue weighted by molar-refractivity contribution is -0.154. The van der Waals surface area contributed by atoms with E-state index in [-0.39, 0.29) is 12.4 Å². The van der Waals surface area contributed by atoms with Gasteiger partial charge in [0.1, 0.15) is 11.9 Å². The first-order valence-electron chi connectivity index (χ1n) is 6.21. The van der Waals surface area contributed by atoms with Crippen molar-refractivity contribution in [2.24, 2.45) is 0 Å². The highest BCUT2D eigenvalue weighted by atomic mass is 19.4. The summed E-state index contributed by atoms with van der Waals surface area (Å²) >= 11 is 0. The fourth-order valence-corrected chi connectivity index (χ4v) is 1.59. The molecule has 2 heterocycles. The van der Waals surface area contributed by atoms with E-state index in [0.717, 1.165) is 0 Å². The third kappa shape index (κ3) is 4.63. The fourth-order valence-electron chi connectivity index (χ4n) is 1.59. The number of nitrogens with one attached hydrogen (secondary N) is 1. The number of ether oxygens (including phenoxy) is 1. The number of nitriles is 1. The molecule has 0 aliphatic rings. The summed E-state index contributed by atoms with van der Waals surface area (Å²) in [6.45, 7) is -1.20. The molecule has 114 valence electrons. The van der Waals surface area contributed by atoms with E-state index in [0.29, 0.717) is 16.9 Å². The zero-order valence-electron chi connectivity index (χ0n) is 11.3. The average Bonchev–Trinajstić information content (AvgIpc) is 2.51. The summed E-state index contributed by atoms with van der Waals surface area (Å²) in [5, 5.41) is 11.6. The van der Waals surface area contributed by atoms with Crippen LogP contribution in [0.1, 0.15) is 11.1 Å². The number of alkyl halides is 3. The number of nitrogens with zero attached hydrogens (tertiary/aromatic N) is 3. The fraction of sp³-hybridized carbons (Fsp3) is 0.214. The number of rotatable bonds is 5. The smallest absolute Gasteiger partial charge is 0.422 e. The average molecular weight is 308 g/mol. The molecule has 8 heteroatoms. The maximum absolute atomic E-state index is 12.2. The van der Waals surface area contributed by atoms with Gasteiger partial charge in [-0.1, -0.05) is 6.07 Å². The molecule has 0 bridgehead atoms. The van der Waals surface area contributed by atoms with Gasteiger partial charge in [-0.05, 0) is 18.2 Å². The second-order valence-corrected chi connectivity index (χ2v) is 4.27. The summed E-state index contributed by atoms with van der Waals surface area (Å²) in [6, 6.07) is 8.33. The van der Waals surface area contributed by atoms with Crippen molar-refractivity contribution in [1.82, 2.24) is 9.97 Å². The van der Waals surface area contributed by atoms with Crippen molar-refractivity contribution >= 4 is 5.82 Å². The summed E-state index contributed by atoms with van der Waals surface area (Å²) in [5.74, 6) is 0.408. The Hall–Kier alpha value is -2.82. The molecule has 0 unspecified atom stereocenters. The molecule has 0 saturated heterocycles. The molecular formula is C14H11F3N4O. The summed E-state index contributed by atoms with van der Waals surface area (Å²) in [4.78, 5) is 7.80. The van der Waals surface area contributed by atoms with Gasteiger partial charge in [0.15, 0.2) is 6.61 Å². The van der Waals surface area contributed by atoms with Gasteiger partial charge in [0, 0.05) is 24.5 Å². The van der Waals surface area contributed by atoms with E-state index in [2.05, 4.69) is 20.0 Å². The van der Waals surface area contributed by atoms with E-state index in [1.54, 1.807) is 24.3 Å². The first-order chi connectivity index (χ1) is 10.5. The molecule has 0 aliphatic carbocycles. The molecule has 0 aromatic carbocycles. The van der Waals surface area contributed by atoms with Crippen molar-refractivity contribution in [2.75, 3.05) is 11.9 Å². The first-order valence-corrected chi connectivity index (χ1v) is 6.21. The van der Waals surface area contributed by atoms with Crippen LogP contribution in [-0.2, 0) is 6.54 Å². The van der Waals surface area contributed by atoms with Crippen molar-refractivity contribution in [3.8, 4) is 11.9 Å². The van der Waals surface area contributed by atoms with E-state index in [1.807, 2.05) is 6.07 Å². The summed E-state index contributed by atoms with van der Waals surface area (Å²) in [7, 11) is 0. The molecule has 0 atom stereocenters. The quantitative estimate of drug-likeness (QED) is 0.919. The van der Waals surface area contributed by atoms with E-state index in [4.69, 9.17) is 5.26 Å². The van der Waals surface area contributed by atoms with Crippen LogP contribution in [0.2, 0.25) is 0 Å². The minimum absolute atomic E-state index is 0.0824. The molecule has 2 aromatic rings. The molecule has 0 aliphatic heterocycles. The zero-order chi connectivity index (χ0) is 16.0. The minimum Gasteiger partial charge on any atom is -0.468 e. The number of hydrogen-bond donors (Lipinski definition) is 1. The van der Waals surface area contributed by atoms with Crippen LogP contribution in [0.25, 0.3) is 0 Å². The molecule has 0 saturated carbocycles. The molecular weight excluding hydrogens is 297 g/mol. The molecule has 5 nitrogen and oxygen atoms in total. The highest BCUT2D eigenvalue weighted by molar-refractivity contribution is 5.40. The van der Waals surface area contributed by atoms with Crippen molar-refractivity contribution in [2.45, 2.75) is 12.7 Å². The lowest BCUT2D eigenvalue weighted by Crippen LogP contribution is -2.20. The lowest BCUT2D eigenvalue weighted by atomic mass is 10.2. The number of pyridine rings is 2. The van der Waals surface area contributed by atoms with E-state index < -0.39 is 12.8 Å². The van der Waals surface area contributed by atoms with Gasteiger partial charge in [0.2, 0.25) is 5.88 Å². The predicted octanol–water partition coefficient (Wildman–Crippen LogP) is 2.90. The van der Waals surface area contributed by atoms with Crippen LogP contribution >= 0.6 is 0 Å². The van der Waals surface area contributed by atoms with E-state index >= 15 is 0 Å². The van der Waals surface area contributed by atoms with Crippen LogP contribution in [-0.4, -0.2) is 22.8 Å². The molecule has 22 heavy (non-hydrogen) atoms. The number of anilines is 1. The van der Waals surface area contributed by atoms with Crippen LogP contribution < -0.4 is 10.1 Å². The normalized spacial score (nSPS) is 10.8. The van der Waals surface area contributed by atoms with Gasteiger partial charge in [-0.15, -0.1) is 0 Å². The Bertz CT molecular complexity index is 665. The summed E-state index contributed by atoms with van der Waals surface area (Å²) in [6.07, 6.45) is -1.67. The monoisotopic (exact) mass is 308 g/mol. The molecule has 2 rings (SSSR count). The van der Waals surface area contributed by atoms with Gasteiger partial charge in [0.25, 0.3) is 0 Å². The molecule has 0 fully saturated rings. The van der Waals surface area contributed by atoms with E-state index in [9.17, 15) is 13.2 Å². The second-order valence-electron chi connectivity index (χ2n) is 4.27. The minimum atomic E-state index is -4.42. The van der Waals surface area contributed by atoms with Crippen LogP contribution in [0, 0.1) is 11.3 Å². The van der Waals surface area contributed by atoms with Crippen LogP contribution in [0.3, 0.4) is 0 Å².